The quantitative estimate of drug-likeness (QED) is 0.320. The normalized spacial score (nSPS) is 16.5. The summed E-state index contributed by atoms with van der Waals surface area (Å²) in [5.41, 5.74) is 2.77. The highest BCUT2D eigenvalue weighted by atomic mass is 19.2. The van der Waals surface area contributed by atoms with Crippen molar-refractivity contribution < 1.29 is 17.6 Å². The van der Waals surface area contributed by atoms with E-state index in [0.29, 0.717) is 5.56 Å². The maximum absolute atomic E-state index is 14.5. The third kappa shape index (κ3) is 3.09. The molecule has 0 aromatic heterocycles. The molecule has 0 amide bonds. The first-order chi connectivity index (χ1) is 13.4. The Hall–Kier alpha value is -2.36. The van der Waals surface area contributed by atoms with Crippen LogP contribution in [-0.4, -0.2) is 0 Å². The summed E-state index contributed by atoms with van der Waals surface area (Å²) in [5, 5.41) is -0.515. The van der Waals surface area contributed by atoms with E-state index in [1.54, 1.807) is 0 Å². The topological polar surface area (TPSA) is 0 Å². The smallest absolute Gasteiger partial charge is 0.195 e. The molecule has 0 nitrogen and oxygen atoms in total. The summed E-state index contributed by atoms with van der Waals surface area (Å²) >= 11 is 0. The van der Waals surface area contributed by atoms with Crippen molar-refractivity contribution in [3.63, 3.8) is 0 Å². The molecule has 3 aromatic carbocycles. The van der Waals surface area contributed by atoms with E-state index in [-0.39, 0.29) is 10.8 Å². The highest BCUT2D eigenvalue weighted by Crippen LogP contribution is 2.42. The van der Waals surface area contributed by atoms with Crippen LogP contribution < -0.4 is 0 Å². The number of hydrogen-bond acceptors (Lipinski definition) is 0. The maximum atomic E-state index is 14.5. The highest BCUT2D eigenvalue weighted by molar-refractivity contribution is 5.88. The van der Waals surface area contributed by atoms with E-state index < -0.39 is 28.7 Å². The number of rotatable bonds is 3. The molecule has 4 rings (SSSR count). The summed E-state index contributed by atoms with van der Waals surface area (Å²) < 4.78 is 55.4. The minimum atomic E-state index is -1.65. The standard InChI is InChI=1S/C24H22F4/c1-2-24(10-4-3-5-11-24)18-8-6-15(7-9-18)16-12-17-14-20(26)22(27)23(28)21(17)19(25)13-16/h6-9,12-14H,2-5,10-11H2,1H3. The predicted molar refractivity (Wildman–Crippen MR) is 104 cm³/mol. The molecule has 0 spiro atoms. The molecule has 146 valence electrons. The number of halogens is 4. The van der Waals surface area contributed by atoms with Crippen LogP contribution in [0.3, 0.4) is 0 Å². The second-order valence-corrected chi connectivity index (χ2v) is 7.81. The highest BCUT2D eigenvalue weighted by Gasteiger charge is 2.31. The molecule has 0 bridgehead atoms. The second kappa shape index (κ2) is 7.23. The lowest BCUT2D eigenvalue weighted by Gasteiger charge is -2.37. The summed E-state index contributed by atoms with van der Waals surface area (Å²) in [7, 11) is 0. The molecule has 1 fully saturated rings. The summed E-state index contributed by atoms with van der Waals surface area (Å²) in [6.45, 7) is 2.22. The van der Waals surface area contributed by atoms with Crippen LogP contribution in [0.1, 0.15) is 51.0 Å². The molecule has 28 heavy (non-hydrogen) atoms. The van der Waals surface area contributed by atoms with Gasteiger partial charge in [-0.25, -0.2) is 17.6 Å². The lowest BCUT2D eigenvalue weighted by molar-refractivity contribution is 0.283. The first-order valence-corrected chi connectivity index (χ1v) is 9.83. The van der Waals surface area contributed by atoms with E-state index in [2.05, 4.69) is 19.1 Å². The summed E-state index contributed by atoms with van der Waals surface area (Å²) in [5.74, 6) is -5.36. The van der Waals surface area contributed by atoms with Gasteiger partial charge in [0.1, 0.15) is 5.82 Å². The van der Waals surface area contributed by atoms with E-state index in [4.69, 9.17) is 0 Å². The molecule has 0 atom stereocenters. The molecule has 1 aliphatic carbocycles. The van der Waals surface area contributed by atoms with E-state index in [1.165, 1.54) is 49.8 Å². The molecule has 4 heteroatoms. The van der Waals surface area contributed by atoms with E-state index in [0.717, 1.165) is 18.1 Å². The van der Waals surface area contributed by atoms with Crippen LogP contribution in [0, 0.1) is 23.3 Å². The molecule has 0 aliphatic heterocycles. The van der Waals surface area contributed by atoms with Crippen molar-refractivity contribution in [2.45, 2.75) is 50.9 Å². The zero-order valence-corrected chi connectivity index (χ0v) is 15.8. The molecule has 0 N–H and O–H groups in total. The van der Waals surface area contributed by atoms with Crippen molar-refractivity contribution in [3.05, 3.63) is 71.3 Å². The number of fused-ring (bicyclic) bond motifs is 1. The van der Waals surface area contributed by atoms with Crippen LogP contribution in [0.5, 0.6) is 0 Å². The Balaban J connectivity index is 1.75. The Kier molecular flexibility index (Phi) is 4.90. The van der Waals surface area contributed by atoms with Crippen molar-refractivity contribution in [2.24, 2.45) is 0 Å². The minimum absolute atomic E-state index is 0.00721. The lowest BCUT2D eigenvalue weighted by Crippen LogP contribution is -2.28. The Morgan fingerprint density at radius 2 is 1.43 bits per heavy atom. The van der Waals surface area contributed by atoms with Gasteiger partial charge in [-0.15, -0.1) is 0 Å². The van der Waals surface area contributed by atoms with E-state index >= 15 is 0 Å². The fourth-order valence-electron chi connectivity index (χ4n) is 4.65. The van der Waals surface area contributed by atoms with Gasteiger partial charge in [-0.05, 0) is 65.0 Å². The van der Waals surface area contributed by atoms with Crippen molar-refractivity contribution in [1.82, 2.24) is 0 Å². The zero-order chi connectivity index (χ0) is 19.9. The van der Waals surface area contributed by atoms with Gasteiger partial charge in [-0.2, -0.15) is 0 Å². The molecule has 0 radical (unpaired) electrons. The summed E-state index contributed by atoms with van der Waals surface area (Å²) in [6, 6.07) is 11.5. The summed E-state index contributed by atoms with van der Waals surface area (Å²) in [6.07, 6.45) is 7.19. The second-order valence-electron chi connectivity index (χ2n) is 7.81. The summed E-state index contributed by atoms with van der Waals surface area (Å²) in [4.78, 5) is 0. The van der Waals surface area contributed by atoms with Crippen molar-refractivity contribution >= 4 is 10.8 Å². The average molecular weight is 386 g/mol. The SMILES string of the molecule is CCC1(c2ccc(-c3cc(F)c4c(F)c(F)c(F)cc4c3)cc2)CCCCC1. The molecular formula is C24H22F4. The van der Waals surface area contributed by atoms with Gasteiger partial charge in [-0.1, -0.05) is 50.5 Å². The van der Waals surface area contributed by atoms with Gasteiger partial charge >= 0.3 is 0 Å². The number of benzene rings is 3. The van der Waals surface area contributed by atoms with E-state index in [9.17, 15) is 17.6 Å². The van der Waals surface area contributed by atoms with Crippen molar-refractivity contribution in [1.29, 1.82) is 0 Å². The maximum Gasteiger partial charge on any atom is 0.195 e. The lowest BCUT2D eigenvalue weighted by atomic mass is 9.68. The molecular weight excluding hydrogens is 364 g/mol. The van der Waals surface area contributed by atoms with Crippen LogP contribution in [0.25, 0.3) is 21.9 Å². The largest absolute Gasteiger partial charge is 0.206 e. The van der Waals surface area contributed by atoms with Crippen LogP contribution in [0.2, 0.25) is 0 Å². The Labute approximate surface area is 162 Å². The third-order valence-corrected chi connectivity index (χ3v) is 6.34. The van der Waals surface area contributed by atoms with Crippen LogP contribution in [0.15, 0.2) is 42.5 Å². The van der Waals surface area contributed by atoms with Gasteiger partial charge in [0, 0.05) is 0 Å². The fraction of sp³-hybridized carbons (Fsp3) is 0.333. The van der Waals surface area contributed by atoms with Crippen LogP contribution in [-0.2, 0) is 5.41 Å². The number of hydrogen-bond donors (Lipinski definition) is 0. The third-order valence-electron chi connectivity index (χ3n) is 6.34. The molecule has 0 heterocycles. The van der Waals surface area contributed by atoms with Gasteiger partial charge in [0.05, 0.1) is 5.39 Å². The molecule has 0 saturated heterocycles. The van der Waals surface area contributed by atoms with Gasteiger partial charge in [0.15, 0.2) is 17.5 Å². The van der Waals surface area contributed by atoms with E-state index in [1.807, 2.05) is 12.1 Å². The molecule has 0 unspecified atom stereocenters. The van der Waals surface area contributed by atoms with Crippen molar-refractivity contribution in [2.75, 3.05) is 0 Å². The molecule has 1 saturated carbocycles. The monoisotopic (exact) mass is 386 g/mol. The Bertz CT molecular complexity index is 1020. The van der Waals surface area contributed by atoms with Gasteiger partial charge in [0.2, 0.25) is 0 Å². The first-order valence-electron chi connectivity index (χ1n) is 9.83. The zero-order valence-electron chi connectivity index (χ0n) is 15.8. The minimum Gasteiger partial charge on any atom is -0.206 e. The van der Waals surface area contributed by atoms with Gasteiger partial charge in [0.25, 0.3) is 0 Å². The van der Waals surface area contributed by atoms with Crippen LogP contribution in [0.4, 0.5) is 17.6 Å². The molecule has 1 aliphatic rings. The Morgan fingerprint density at radius 3 is 2.07 bits per heavy atom. The predicted octanol–water partition coefficient (Wildman–Crippen LogP) is 7.68. The molecule has 3 aromatic rings. The first kappa shape index (κ1) is 19.0. The van der Waals surface area contributed by atoms with Crippen molar-refractivity contribution in [3.8, 4) is 11.1 Å². The average Bonchev–Trinajstić information content (AvgIpc) is 2.72. The fourth-order valence-corrected chi connectivity index (χ4v) is 4.65. The Morgan fingerprint density at radius 1 is 0.750 bits per heavy atom. The van der Waals surface area contributed by atoms with Gasteiger partial charge in [-0.3, -0.25) is 0 Å². The van der Waals surface area contributed by atoms with Crippen LogP contribution >= 0.6 is 0 Å². The van der Waals surface area contributed by atoms with Gasteiger partial charge < -0.3 is 0 Å².